The average molecular weight is 416 g/mol. The first-order valence-corrected chi connectivity index (χ1v) is 9.62. The molecule has 0 unspecified atom stereocenters. The van der Waals surface area contributed by atoms with E-state index in [9.17, 15) is 13.2 Å². The number of furan rings is 1. The zero-order valence-electron chi connectivity index (χ0n) is 15.0. The fraction of sp³-hybridized carbons (Fsp3) is 0.353. The number of carbonyl (C=O) groups is 1. The molecule has 148 valence electrons. The predicted molar refractivity (Wildman–Crippen MR) is 104 cm³/mol. The van der Waals surface area contributed by atoms with Crippen molar-refractivity contribution in [3.8, 4) is 5.75 Å². The summed E-state index contributed by atoms with van der Waals surface area (Å²) in [6, 6.07) is 6.10. The van der Waals surface area contributed by atoms with Gasteiger partial charge in [0.15, 0.2) is 5.76 Å². The number of hydrogen-bond donors (Lipinski definition) is 2. The third kappa shape index (κ3) is 4.20. The van der Waals surface area contributed by atoms with Gasteiger partial charge in [-0.05, 0) is 31.9 Å². The van der Waals surface area contributed by atoms with Crippen molar-refractivity contribution in [3.05, 3.63) is 35.8 Å². The molecule has 0 spiro atoms. The second-order valence-corrected chi connectivity index (χ2v) is 7.96. The first-order chi connectivity index (χ1) is 12.3. The van der Waals surface area contributed by atoms with Gasteiger partial charge in [-0.3, -0.25) is 4.79 Å². The zero-order chi connectivity index (χ0) is 18.9. The Labute approximate surface area is 164 Å². The van der Waals surface area contributed by atoms with Gasteiger partial charge in [-0.15, -0.1) is 12.4 Å². The quantitative estimate of drug-likeness (QED) is 0.725. The molecule has 1 aromatic carbocycles. The number of halogens is 1. The van der Waals surface area contributed by atoms with Crippen molar-refractivity contribution in [3.63, 3.8) is 0 Å². The van der Waals surface area contributed by atoms with Crippen LogP contribution < -0.4 is 15.8 Å². The van der Waals surface area contributed by atoms with Crippen molar-refractivity contribution < 1.29 is 22.4 Å². The predicted octanol–water partition coefficient (Wildman–Crippen LogP) is 2.64. The Balaban J connectivity index is 0.00000261. The lowest BCUT2D eigenvalue weighted by atomic mass is 10.2. The molecule has 0 bridgehead atoms. The molecule has 0 saturated carbocycles. The first-order valence-electron chi connectivity index (χ1n) is 8.18. The number of carbonyl (C=O) groups excluding carboxylic acids is 1. The van der Waals surface area contributed by atoms with Crippen molar-refractivity contribution in [1.82, 2.24) is 4.31 Å². The van der Waals surface area contributed by atoms with Crippen molar-refractivity contribution in [2.24, 2.45) is 0 Å². The van der Waals surface area contributed by atoms with E-state index in [0.717, 1.165) is 12.8 Å². The number of amides is 1. The molecule has 3 rings (SSSR count). The molecule has 1 fully saturated rings. The molecule has 1 saturated heterocycles. The van der Waals surface area contributed by atoms with Crippen LogP contribution in [0.3, 0.4) is 0 Å². The molecule has 8 nitrogen and oxygen atoms in total. The maximum absolute atomic E-state index is 12.7. The smallest absolute Gasteiger partial charge is 0.291 e. The number of anilines is 2. The van der Waals surface area contributed by atoms with Crippen LogP contribution in [0.4, 0.5) is 11.4 Å². The van der Waals surface area contributed by atoms with E-state index in [4.69, 9.17) is 14.9 Å². The molecule has 3 N–H and O–H groups in total. The number of nitrogens with two attached hydrogens (primary N) is 1. The Morgan fingerprint density at radius 2 is 1.93 bits per heavy atom. The van der Waals surface area contributed by atoms with Crippen LogP contribution in [0, 0.1) is 6.92 Å². The van der Waals surface area contributed by atoms with Crippen LogP contribution in [-0.4, -0.2) is 38.8 Å². The Morgan fingerprint density at radius 3 is 2.56 bits per heavy atom. The molecule has 1 aromatic heterocycles. The number of methoxy groups -OCH3 is 1. The fourth-order valence-corrected chi connectivity index (χ4v) is 4.53. The van der Waals surface area contributed by atoms with Crippen LogP contribution in [-0.2, 0) is 10.0 Å². The van der Waals surface area contributed by atoms with Gasteiger partial charge < -0.3 is 20.2 Å². The molecule has 1 aliphatic rings. The number of nitrogens with zero attached hydrogens (tertiary/aromatic N) is 1. The summed E-state index contributed by atoms with van der Waals surface area (Å²) in [6.45, 7) is 2.49. The highest BCUT2D eigenvalue weighted by molar-refractivity contribution is 7.89. The molecular weight excluding hydrogens is 394 g/mol. The van der Waals surface area contributed by atoms with E-state index in [1.54, 1.807) is 18.2 Å². The molecule has 0 radical (unpaired) electrons. The van der Waals surface area contributed by atoms with Crippen LogP contribution in [0.2, 0.25) is 0 Å². The Kier molecular flexibility index (Phi) is 6.40. The summed E-state index contributed by atoms with van der Waals surface area (Å²) in [5.74, 6) is 0.0292. The normalized spacial score (nSPS) is 14.6. The molecule has 0 atom stereocenters. The maximum Gasteiger partial charge on any atom is 0.291 e. The Hall–Kier alpha value is -2.23. The van der Waals surface area contributed by atoms with Gasteiger partial charge >= 0.3 is 0 Å². The van der Waals surface area contributed by atoms with Gasteiger partial charge in [0.25, 0.3) is 5.91 Å². The van der Waals surface area contributed by atoms with E-state index in [0.29, 0.717) is 30.2 Å². The van der Waals surface area contributed by atoms with Crippen molar-refractivity contribution in [2.75, 3.05) is 31.2 Å². The van der Waals surface area contributed by atoms with Crippen LogP contribution >= 0.6 is 12.4 Å². The van der Waals surface area contributed by atoms with Crippen molar-refractivity contribution in [2.45, 2.75) is 24.7 Å². The number of nitrogen functional groups attached to an aromatic ring is 1. The van der Waals surface area contributed by atoms with Crippen molar-refractivity contribution in [1.29, 1.82) is 0 Å². The maximum atomic E-state index is 12.7. The summed E-state index contributed by atoms with van der Waals surface area (Å²) >= 11 is 0. The summed E-state index contributed by atoms with van der Waals surface area (Å²) in [5.41, 5.74) is 6.56. The van der Waals surface area contributed by atoms with E-state index < -0.39 is 15.9 Å². The molecular formula is C17H22ClN3O5S. The third-order valence-electron chi connectivity index (χ3n) is 4.29. The highest BCUT2D eigenvalue weighted by Gasteiger charge is 2.31. The highest BCUT2D eigenvalue weighted by Crippen LogP contribution is 2.28. The molecule has 1 amide bonds. The molecule has 1 aliphatic heterocycles. The van der Waals surface area contributed by atoms with Gasteiger partial charge in [-0.25, -0.2) is 8.42 Å². The van der Waals surface area contributed by atoms with E-state index in [1.165, 1.54) is 24.4 Å². The van der Waals surface area contributed by atoms with E-state index in [2.05, 4.69) is 5.32 Å². The lowest BCUT2D eigenvalue weighted by Crippen LogP contribution is -2.28. The van der Waals surface area contributed by atoms with Gasteiger partial charge in [-0.1, -0.05) is 0 Å². The van der Waals surface area contributed by atoms with Crippen LogP contribution in [0.15, 0.2) is 33.6 Å². The molecule has 10 heteroatoms. The number of ether oxygens (including phenoxy) is 1. The summed E-state index contributed by atoms with van der Waals surface area (Å²) < 4.78 is 37.3. The van der Waals surface area contributed by atoms with Gasteiger partial charge in [0.1, 0.15) is 16.4 Å². The van der Waals surface area contributed by atoms with Crippen LogP contribution in [0.5, 0.6) is 5.75 Å². The molecule has 2 heterocycles. The second kappa shape index (κ2) is 8.20. The third-order valence-corrected chi connectivity index (χ3v) is 6.29. The monoisotopic (exact) mass is 415 g/mol. The summed E-state index contributed by atoms with van der Waals surface area (Å²) in [7, 11) is -2.16. The van der Waals surface area contributed by atoms with Crippen LogP contribution in [0.1, 0.15) is 29.2 Å². The van der Waals surface area contributed by atoms with Gasteiger partial charge in [0.05, 0.1) is 18.5 Å². The topological polar surface area (TPSA) is 115 Å². The number of sulfonamides is 1. The number of aryl methyl sites for hydroxylation is 1. The fourth-order valence-electron chi connectivity index (χ4n) is 2.86. The summed E-state index contributed by atoms with van der Waals surface area (Å²) in [5, 5.41) is 2.62. The first kappa shape index (κ1) is 21.1. The zero-order valence-corrected chi connectivity index (χ0v) is 16.7. The van der Waals surface area contributed by atoms with Crippen molar-refractivity contribution >= 4 is 39.7 Å². The minimum absolute atomic E-state index is 0. The highest BCUT2D eigenvalue weighted by atomic mass is 35.5. The van der Waals surface area contributed by atoms with E-state index in [1.807, 2.05) is 0 Å². The van der Waals surface area contributed by atoms with E-state index in [-0.39, 0.29) is 28.8 Å². The molecule has 2 aromatic rings. The van der Waals surface area contributed by atoms with Gasteiger partial charge in [0, 0.05) is 25.2 Å². The minimum Gasteiger partial charge on any atom is -0.497 e. The second-order valence-electron chi connectivity index (χ2n) is 6.05. The lowest BCUT2D eigenvalue weighted by Gasteiger charge is -2.14. The Bertz CT molecular complexity index is 936. The largest absolute Gasteiger partial charge is 0.497 e. The lowest BCUT2D eigenvalue weighted by molar-refractivity contribution is 0.0995. The van der Waals surface area contributed by atoms with Gasteiger partial charge in [0.2, 0.25) is 10.0 Å². The van der Waals surface area contributed by atoms with Crippen LogP contribution in [0.25, 0.3) is 0 Å². The number of hydrogen-bond acceptors (Lipinski definition) is 6. The average Bonchev–Trinajstić information content (AvgIpc) is 3.27. The number of nitrogens with one attached hydrogen (secondary N) is 1. The SMILES string of the molecule is COc1ccc(N)c(NC(=O)c2cc(S(=O)(=O)N3CCCC3)c(C)o2)c1.Cl. The number of benzene rings is 1. The molecule has 0 aliphatic carbocycles. The minimum atomic E-state index is -3.66. The number of rotatable bonds is 5. The summed E-state index contributed by atoms with van der Waals surface area (Å²) in [6.07, 6.45) is 1.66. The standard InChI is InChI=1S/C17H21N3O5S.ClH/c1-11-16(26(22,23)20-7-3-4-8-20)10-15(25-11)17(21)19-14-9-12(24-2)5-6-13(14)18;/h5-6,9-10H,3-4,7-8,18H2,1-2H3,(H,19,21);1H. The summed E-state index contributed by atoms with van der Waals surface area (Å²) in [4.78, 5) is 12.5. The Morgan fingerprint density at radius 1 is 1.26 bits per heavy atom. The molecule has 27 heavy (non-hydrogen) atoms. The van der Waals surface area contributed by atoms with E-state index >= 15 is 0 Å². The van der Waals surface area contributed by atoms with Gasteiger partial charge in [-0.2, -0.15) is 4.31 Å².